The Morgan fingerprint density at radius 2 is 1.92 bits per heavy atom. The lowest BCUT2D eigenvalue weighted by atomic mass is 10.3. The van der Waals surface area contributed by atoms with Crippen molar-refractivity contribution in [1.82, 2.24) is 0 Å². The molecule has 0 aromatic heterocycles. The Morgan fingerprint density at radius 3 is 2.50 bits per heavy atom. The molecule has 0 fully saturated rings. The van der Waals surface area contributed by atoms with E-state index in [2.05, 4.69) is 26.0 Å². The highest BCUT2D eigenvalue weighted by molar-refractivity contribution is 9.10. The summed E-state index contributed by atoms with van der Waals surface area (Å²) in [6.07, 6.45) is 0. The summed E-state index contributed by atoms with van der Waals surface area (Å²) in [5.41, 5.74) is 0.585. The van der Waals surface area contributed by atoms with Crippen molar-refractivity contribution in [2.75, 3.05) is 17.1 Å². The molecular weight excluding hydrogens is 420 g/mol. The number of halogens is 2. The minimum Gasteiger partial charge on any atom is -0.495 e. The number of amides is 1. The maximum absolute atomic E-state index is 12.5. The maximum Gasteiger partial charge on any atom is 0.261 e. The predicted octanol–water partition coefficient (Wildman–Crippen LogP) is 3.87. The van der Waals surface area contributed by atoms with Crippen LogP contribution in [-0.4, -0.2) is 21.4 Å². The summed E-state index contributed by atoms with van der Waals surface area (Å²) < 4.78 is 33.2. The van der Waals surface area contributed by atoms with Crippen molar-refractivity contribution in [3.05, 3.63) is 45.9 Å². The summed E-state index contributed by atoms with van der Waals surface area (Å²) in [7, 11) is -2.43. The van der Waals surface area contributed by atoms with E-state index in [0.717, 1.165) is 0 Å². The van der Waals surface area contributed by atoms with Crippen molar-refractivity contribution in [2.45, 2.75) is 11.8 Å². The van der Waals surface area contributed by atoms with Crippen LogP contribution in [0.4, 0.5) is 11.4 Å². The van der Waals surface area contributed by atoms with Gasteiger partial charge in [-0.15, -0.1) is 0 Å². The Bertz CT molecular complexity index is 887. The zero-order chi connectivity index (χ0) is 17.9. The van der Waals surface area contributed by atoms with Crippen LogP contribution in [0.25, 0.3) is 0 Å². The molecule has 2 N–H and O–H groups in total. The monoisotopic (exact) mass is 432 g/mol. The molecular formula is C15H14BrClN2O4S. The fourth-order valence-electron chi connectivity index (χ4n) is 1.92. The lowest BCUT2D eigenvalue weighted by Gasteiger charge is -2.13. The van der Waals surface area contributed by atoms with Crippen LogP contribution in [0.15, 0.2) is 45.8 Å². The van der Waals surface area contributed by atoms with Crippen LogP contribution in [0.1, 0.15) is 6.92 Å². The van der Waals surface area contributed by atoms with Gasteiger partial charge in [0.25, 0.3) is 10.0 Å². The third-order valence-electron chi connectivity index (χ3n) is 2.96. The van der Waals surface area contributed by atoms with Crippen molar-refractivity contribution >= 4 is 54.8 Å². The second kappa shape index (κ2) is 7.42. The lowest BCUT2D eigenvalue weighted by Crippen LogP contribution is -2.14. The van der Waals surface area contributed by atoms with Crippen LogP contribution in [0, 0.1) is 0 Å². The van der Waals surface area contributed by atoms with Crippen LogP contribution < -0.4 is 14.8 Å². The van der Waals surface area contributed by atoms with Crippen molar-refractivity contribution in [1.29, 1.82) is 0 Å². The molecule has 0 atom stereocenters. The van der Waals surface area contributed by atoms with Gasteiger partial charge in [0.2, 0.25) is 5.91 Å². The van der Waals surface area contributed by atoms with Gasteiger partial charge < -0.3 is 10.1 Å². The molecule has 6 nitrogen and oxygen atoms in total. The SMILES string of the molecule is COc1ccc(S(=O)(=O)Nc2ccc(Br)c(Cl)c2)cc1NC(C)=O. The molecule has 1 amide bonds. The topological polar surface area (TPSA) is 84.5 Å². The summed E-state index contributed by atoms with van der Waals surface area (Å²) in [6.45, 7) is 1.32. The summed E-state index contributed by atoms with van der Waals surface area (Å²) >= 11 is 9.20. The van der Waals surface area contributed by atoms with E-state index >= 15 is 0 Å². The molecule has 0 aliphatic rings. The van der Waals surface area contributed by atoms with Gasteiger partial charge in [0.15, 0.2) is 0 Å². The van der Waals surface area contributed by atoms with Crippen molar-refractivity contribution in [2.24, 2.45) is 0 Å². The average Bonchev–Trinajstić information content (AvgIpc) is 2.50. The molecule has 2 rings (SSSR count). The second-order valence-electron chi connectivity index (χ2n) is 4.78. The van der Waals surface area contributed by atoms with Crippen LogP contribution in [0.3, 0.4) is 0 Å². The summed E-state index contributed by atoms with van der Waals surface area (Å²) in [6, 6.07) is 8.87. The number of hydrogen-bond acceptors (Lipinski definition) is 4. The van der Waals surface area contributed by atoms with Crippen LogP contribution in [-0.2, 0) is 14.8 Å². The first-order valence-corrected chi connectivity index (χ1v) is 9.32. The van der Waals surface area contributed by atoms with Crippen molar-refractivity contribution in [3.8, 4) is 5.75 Å². The highest BCUT2D eigenvalue weighted by atomic mass is 79.9. The third kappa shape index (κ3) is 4.40. The number of hydrogen-bond donors (Lipinski definition) is 2. The first-order chi connectivity index (χ1) is 11.2. The van der Waals surface area contributed by atoms with E-state index in [1.54, 1.807) is 12.1 Å². The number of anilines is 2. The van der Waals surface area contributed by atoms with E-state index in [1.165, 1.54) is 38.3 Å². The van der Waals surface area contributed by atoms with Gasteiger partial charge in [-0.1, -0.05) is 11.6 Å². The Labute approximate surface area is 153 Å². The Morgan fingerprint density at radius 1 is 1.21 bits per heavy atom. The molecule has 24 heavy (non-hydrogen) atoms. The quantitative estimate of drug-likeness (QED) is 0.749. The first-order valence-electron chi connectivity index (χ1n) is 6.66. The fraction of sp³-hybridized carbons (Fsp3) is 0.133. The molecule has 0 saturated heterocycles. The molecule has 0 spiro atoms. The van der Waals surface area contributed by atoms with E-state index in [9.17, 15) is 13.2 Å². The van der Waals surface area contributed by atoms with E-state index in [4.69, 9.17) is 16.3 Å². The fourth-order valence-corrected chi connectivity index (χ4v) is 3.42. The minimum atomic E-state index is -3.86. The number of carbonyl (C=O) groups is 1. The minimum absolute atomic E-state index is 0.0221. The summed E-state index contributed by atoms with van der Waals surface area (Å²) in [4.78, 5) is 11.2. The number of sulfonamides is 1. The number of methoxy groups -OCH3 is 1. The molecule has 0 unspecified atom stereocenters. The predicted molar refractivity (Wildman–Crippen MR) is 97.3 cm³/mol. The maximum atomic E-state index is 12.5. The van der Waals surface area contributed by atoms with Gasteiger partial charge >= 0.3 is 0 Å². The molecule has 0 radical (unpaired) electrons. The zero-order valence-corrected chi connectivity index (χ0v) is 15.9. The molecule has 0 aliphatic heterocycles. The van der Waals surface area contributed by atoms with Gasteiger partial charge in [0, 0.05) is 11.4 Å². The van der Waals surface area contributed by atoms with Gasteiger partial charge in [0.1, 0.15) is 5.75 Å². The molecule has 0 saturated carbocycles. The molecule has 0 heterocycles. The summed E-state index contributed by atoms with van der Waals surface area (Å²) in [5.74, 6) is 0.0198. The van der Waals surface area contributed by atoms with Crippen molar-refractivity contribution < 1.29 is 17.9 Å². The molecule has 9 heteroatoms. The van der Waals surface area contributed by atoms with Crippen molar-refractivity contribution in [3.63, 3.8) is 0 Å². The number of ether oxygens (including phenoxy) is 1. The van der Waals surface area contributed by atoms with E-state index in [0.29, 0.717) is 20.9 Å². The molecule has 2 aromatic rings. The Kier molecular flexibility index (Phi) is 5.74. The van der Waals surface area contributed by atoms with E-state index < -0.39 is 10.0 Å². The smallest absolute Gasteiger partial charge is 0.261 e. The second-order valence-corrected chi connectivity index (χ2v) is 7.72. The largest absolute Gasteiger partial charge is 0.495 e. The molecule has 128 valence electrons. The molecule has 2 aromatic carbocycles. The van der Waals surface area contributed by atoms with Gasteiger partial charge in [-0.25, -0.2) is 8.42 Å². The highest BCUT2D eigenvalue weighted by Crippen LogP contribution is 2.30. The van der Waals surface area contributed by atoms with Gasteiger partial charge in [-0.05, 0) is 52.3 Å². The lowest BCUT2D eigenvalue weighted by molar-refractivity contribution is -0.114. The first kappa shape index (κ1) is 18.6. The Balaban J connectivity index is 2.37. The van der Waals surface area contributed by atoms with Gasteiger partial charge in [-0.3, -0.25) is 9.52 Å². The molecule has 0 aliphatic carbocycles. The van der Waals surface area contributed by atoms with Crippen LogP contribution in [0.2, 0.25) is 5.02 Å². The van der Waals surface area contributed by atoms with Crippen LogP contribution in [0.5, 0.6) is 5.75 Å². The highest BCUT2D eigenvalue weighted by Gasteiger charge is 2.17. The number of benzene rings is 2. The number of carbonyl (C=O) groups excluding carboxylic acids is 1. The standard InChI is InChI=1S/C15H14BrClN2O4S/c1-9(20)18-14-8-11(4-6-15(14)23-2)24(21,22)19-10-3-5-12(16)13(17)7-10/h3-8,19H,1-2H3,(H,18,20). The van der Waals surface area contributed by atoms with E-state index in [-0.39, 0.29) is 16.5 Å². The summed E-state index contributed by atoms with van der Waals surface area (Å²) in [5, 5.41) is 2.91. The third-order valence-corrected chi connectivity index (χ3v) is 5.58. The normalized spacial score (nSPS) is 11.0. The van der Waals surface area contributed by atoms with Crippen LogP contribution >= 0.6 is 27.5 Å². The zero-order valence-electron chi connectivity index (χ0n) is 12.8. The average molecular weight is 434 g/mol. The number of rotatable bonds is 5. The molecule has 0 bridgehead atoms. The Hall–Kier alpha value is -1.77. The van der Waals surface area contributed by atoms with Gasteiger partial charge in [0.05, 0.1) is 28.4 Å². The number of nitrogens with one attached hydrogen (secondary N) is 2. The van der Waals surface area contributed by atoms with Gasteiger partial charge in [-0.2, -0.15) is 0 Å². The van der Waals surface area contributed by atoms with E-state index in [1.807, 2.05) is 0 Å².